The maximum atomic E-state index is 14.3. The number of nitriles is 1. The number of nitrogens with zero attached hydrogens (tertiary/aromatic N) is 7. The van der Waals surface area contributed by atoms with Crippen LogP contribution in [0.1, 0.15) is 79.5 Å². The number of anilines is 1. The van der Waals surface area contributed by atoms with Gasteiger partial charge in [0.1, 0.15) is 18.3 Å². The molecule has 2 aliphatic heterocycles. The Morgan fingerprint density at radius 1 is 1.21 bits per heavy atom. The van der Waals surface area contributed by atoms with Crippen LogP contribution in [0.2, 0.25) is 0 Å². The van der Waals surface area contributed by atoms with E-state index in [4.69, 9.17) is 25.0 Å². The van der Waals surface area contributed by atoms with Gasteiger partial charge in [-0.2, -0.15) is 10.2 Å². The zero-order chi connectivity index (χ0) is 33.2. The molecule has 0 bridgehead atoms. The molecule has 48 heavy (non-hydrogen) atoms. The molecule has 0 radical (unpaired) electrons. The van der Waals surface area contributed by atoms with Gasteiger partial charge in [0.2, 0.25) is 5.88 Å². The number of alkyl halides is 3. The topological polar surface area (TPSA) is 144 Å². The van der Waals surface area contributed by atoms with E-state index in [1.165, 1.54) is 0 Å². The number of nitrogens with one attached hydrogen (secondary N) is 1. The van der Waals surface area contributed by atoms with Crippen LogP contribution in [-0.2, 0) is 18.3 Å². The van der Waals surface area contributed by atoms with Gasteiger partial charge >= 0.3 is 0 Å². The normalized spacial score (nSPS) is 29.0. The number of hydrogen-bond donors (Lipinski definition) is 2. The Hall–Kier alpha value is -4.22. The van der Waals surface area contributed by atoms with Crippen LogP contribution < -0.4 is 15.8 Å². The van der Waals surface area contributed by atoms with Gasteiger partial charge in [0.25, 0.3) is 5.92 Å². The molecule has 3 fully saturated rings. The van der Waals surface area contributed by atoms with Crippen LogP contribution in [0.5, 0.6) is 5.88 Å². The molecule has 5 aliphatic rings. The Kier molecular flexibility index (Phi) is 6.32. The molecule has 3 aromatic heterocycles. The second kappa shape index (κ2) is 10.1. The largest absolute Gasteiger partial charge is 0.471 e. The quantitative estimate of drug-likeness (QED) is 0.291. The van der Waals surface area contributed by atoms with E-state index < -0.39 is 29.2 Å². The number of ether oxygens (including phenoxy) is 1. The first-order chi connectivity index (χ1) is 23.0. The van der Waals surface area contributed by atoms with Gasteiger partial charge in [-0.3, -0.25) is 4.90 Å². The average Bonchev–Trinajstić information content (AvgIpc) is 3.81. The first kappa shape index (κ1) is 29.9. The van der Waals surface area contributed by atoms with Gasteiger partial charge in [-0.05, 0) is 69.7 Å². The maximum absolute atomic E-state index is 14.3. The monoisotopic (exact) mass is 659 g/mol. The van der Waals surface area contributed by atoms with Gasteiger partial charge in [-0.25, -0.2) is 23.1 Å². The van der Waals surface area contributed by atoms with Crippen LogP contribution in [0, 0.1) is 11.3 Å². The third-order valence-corrected chi connectivity index (χ3v) is 11.7. The van der Waals surface area contributed by atoms with E-state index in [9.17, 15) is 18.4 Å². The van der Waals surface area contributed by atoms with Crippen molar-refractivity contribution in [1.82, 2.24) is 34.9 Å². The van der Waals surface area contributed by atoms with E-state index in [1.807, 2.05) is 29.5 Å². The van der Waals surface area contributed by atoms with Crippen LogP contribution in [0.25, 0.3) is 22.7 Å². The highest BCUT2D eigenvalue weighted by Gasteiger charge is 2.65. The molecular weight excluding hydrogens is 623 g/mol. The second-order valence-electron chi connectivity index (χ2n) is 14.6. The summed E-state index contributed by atoms with van der Waals surface area (Å²) in [7, 11) is 1.88. The van der Waals surface area contributed by atoms with Crippen LogP contribution in [0.3, 0.4) is 0 Å². The third kappa shape index (κ3) is 4.13. The summed E-state index contributed by atoms with van der Waals surface area (Å²) in [5, 5.41) is 17.9. The van der Waals surface area contributed by atoms with Gasteiger partial charge < -0.3 is 24.9 Å². The maximum Gasteiger partial charge on any atom is 0.251 e. The highest BCUT2D eigenvalue weighted by Crippen LogP contribution is 2.56. The summed E-state index contributed by atoms with van der Waals surface area (Å²) in [5.41, 5.74) is 10.2. The molecule has 0 amide bonds. The number of nitrogens with two attached hydrogens (primary N) is 1. The molecule has 3 N–H and O–H groups in total. The minimum Gasteiger partial charge on any atom is -0.471 e. The molecule has 1 saturated carbocycles. The Balaban J connectivity index is 1.17. The number of aromatic nitrogens is 5. The van der Waals surface area contributed by atoms with Gasteiger partial charge in [0.15, 0.2) is 28.4 Å². The number of benzene rings is 1. The lowest BCUT2D eigenvalue weighted by Crippen LogP contribution is -2.74. The molecule has 1 aromatic carbocycles. The lowest BCUT2D eigenvalue weighted by atomic mass is 9.64. The van der Waals surface area contributed by atoms with Crippen molar-refractivity contribution in [3.05, 3.63) is 46.5 Å². The van der Waals surface area contributed by atoms with Crippen molar-refractivity contribution in [1.29, 1.82) is 5.26 Å². The van der Waals surface area contributed by atoms with Crippen LogP contribution in [0.4, 0.5) is 18.9 Å². The van der Waals surface area contributed by atoms with Gasteiger partial charge in [0.05, 0.1) is 28.9 Å². The summed E-state index contributed by atoms with van der Waals surface area (Å²) < 4.78 is 57.1. The predicted molar refractivity (Wildman–Crippen MR) is 168 cm³/mol. The molecule has 9 rings (SSSR count). The van der Waals surface area contributed by atoms with E-state index in [0.29, 0.717) is 59.8 Å². The fraction of sp³-hybridized carbons (Fsp3) is 0.559. The summed E-state index contributed by atoms with van der Waals surface area (Å²) in [6.07, 6.45) is 3.97. The molecule has 2 saturated heterocycles. The standard InChI is InChI=1S/C34H36F3N9O2/c1-17(23-10-19(35)13-45(23)2)47-31-27-30(46(16-40-27)24-12-41-33(24)14-34(36,37)15-33)42-29(43-31)26-20-4-3-8-32(28(20)48-44-26)9-7-18-5-6-22(39)21(11-38)25(18)32/h5-6,16-17,19,23-24,41H,3-4,7-10,12-15,39H2,1-2H3/t17-,19+,23-,24+,32-/m0/s1. The third-order valence-electron chi connectivity index (χ3n) is 11.7. The van der Waals surface area contributed by atoms with Crippen LogP contribution in [0.15, 0.2) is 23.0 Å². The fourth-order valence-electron chi connectivity index (χ4n) is 9.42. The molecule has 3 aliphatic carbocycles. The zero-order valence-corrected chi connectivity index (χ0v) is 26.8. The van der Waals surface area contributed by atoms with Crippen molar-refractivity contribution in [2.45, 2.75) is 99.5 Å². The summed E-state index contributed by atoms with van der Waals surface area (Å²) in [4.78, 5) is 16.4. The Morgan fingerprint density at radius 3 is 2.75 bits per heavy atom. The minimum absolute atomic E-state index is 0.171. The summed E-state index contributed by atoms with van der Waals surface area (Å²) in [6.45, 7) is 2.72. The zero-order valence-electron chi connectivity index (χ0n) is 26.8. The molecule has 14 heteroatoms. The first-order valence-corrected chi connectivity index (χ1v) is 16.7. The predicted octanol–water partition coefficient (Wildman–Crippen LogP) is 4.63. The lowest BCUT2D eigenvalue weighted by Gasteiger charge is -2.59. The molecule has 2 spiro atoms. The van der Waals surface area contributed by atoms with E-state index in [2.05, 4.69) is 21.5 Å². The summed E-state index contributed by atoms with van der Waals surface area (Å²) in [6, 6.07) is 5.69. The Morgan fingerprint density at radius 2 is 2.04 bits per heavy atom. The van der Waals surface area contributed by atoms with Crippen molar-refractivity contribution in [2.24, 2.45) is 0 Å². The SMILES string of the molecule is C[C@H](Oc1nc(-c2noc3c2CCC[C@@]32CCc3ccc(N)c(C#N)c32)nc2c1ncn2[C@@H]1CNC12CC(F)(F)C2)[C@@H]1C[C@@H](F)CN1C. The van der Waals surface area contributed by atoms with Crippen molar-refractivity contribution >= 4 is 16.9 Å². The lowest BCUT2D eigenvalue weighted by molar-refractivity contribution is -0.174. The molecule has 5 atom stereocenters. The van der Waals surface area contributed by atoms with Crippen molar-refractivity contribution in [3.8, 4) is 23.5 Å². The minimum atomic E-state index is -2.71. The number of nitrogen functional groups attached to an aromatic ring is 1. The van der Waals surface area contributed by atoms with Crippen molar-refractivity contribution in [2.75, 3.05) is 25.9 Å². The van der Waals surface area contributed by atoms with Gasteiger partial charge in [-0.15, -0.1) is 0 Å². The van der Waals surface area contributed by atoms with Crippen molar-refractivity contribution in [3.63, 3.8) is 0 Å². The highest BCUT2D eigenvalue weighted by molar-refractivity contribution is 5.79. The number of imidazole rings is 1. The van der Waals surface area contributed by atoms with E-state index in [1.54, 1.807) is 12.4 Å². The number of likely N-dealkylation sites (N-methyl/N-ethyl adjacent to an activating group) is 1. The first-order valence-electron chi connectivity index (χ1n) is 16.7. The molecule has 4 aromatic rings. The van der Waals surface area contributed by atoms with Gasteiger partial charge in [0, 0.05) is 43.2 Å². The van der Waals surface area contributed by atoms with Crippen molar-refractivity contribution < 1.29 is 22.4 Å². The van der Waals surface area contributed by atoms with Crippen LogP contribution in [-0.4, -0.2) is 79.5 Å². The number of likely N-dealkylation sites (tertiary alicyclic amines) is 1. The number of halogens is 3. The number of fused-ring (bicyclic) bond motifs is 5. The number of aryl methyl sites for hydroxylation is 1. The number of hydrogen-bond acceptors (Lipinski definition) is 10. The molecule has 11 nitrogen and oxygen atoms in total. The average molecular weight is 660 g/mol. The number of rotatable bonds is 5. The Bertz CT molecular complexity index is 2010. The second-order valence-corrected chi connectivity index (χ2v) is 14.6. The molecule has 5 heterocycles. The van der Waals surface area contributed by atoms with Crippen LogP contribution >= 0.6 is 0 Å². The highest BCUT2D eigenvalue weighted by atomic mass is 19.3. The van der Waals surface area contributed by atoms with E-state index in [-0.39, 0.29) is 36.6 Å². The summed E-state index contributed by atoms with van der Waals surface area (Å²) in [5.74, 6) is -1.50. The van der Waals surface area contributed by atoms with Gasteiger partial charge in [-0.1, -0.05) is 11.2 Å². The van der Waals surface area contributed by atoms with E-state index in [0.717, 1.165) is 42.4 Å². The smallest absolute Gasteiger partial charge is 0.251 e. The molecule has 0 unspecified atom stereocenters. The Labute approximate surface area is 274 Å². The van der Waals surface area contributed by atoms with E-state index >= 15 is 0 Å². The fourth-order valence-corrected chi connectivity index (χ4v) is 9.42. The molecular formula is C34H36F3N9O2. The summed E-state index contributed by atoms with van der Waals surface area (Å²) >= 11 is 0. The molecule has 250 valence electrons.